The van der Waals surface area contributed by atoms with Crippen molar-refractivity contribution in [3.05, 3.63) is 30.2 Å². The van der Waals surface area contributed by atoms with Gasteiger partial charge in [0.05, 0.1) is 6.54 Å². The monoisotopic (exact) mass is 234 g/mol. The van der Waals surface area contributed by atoms with E-state index < -0.39 is 0 Å². The van der Waals surface area contributed by atoms with Crippen LogP contribution < -0.4 is 0 Å². The van der Waals surface area contributed by atoms with Gasteiger partial charge in [-0.05, 0) is 38.6 Å². The third kappa shape index (κ3) is 3.28. The van der Waals surface area contributed by atoms with Gasteiger partial charge in [-0.1, -0.05) is 12.1 Å². The van der Waals surface area contributed by atoms with Crippen LogP contribution in [0.25, 0.3) is 11.1 Å². The van der Waals surface area contributed by atoms with Crippen molar-refractivity contribution in [2.45, 2.75) is 19.4 Å². The van der Waals surface area contributed by atoms with E-state index in [1.807, 2.05) is 31.3 Å². The van der Waals surface area contributed by atoms with Crippen molar-refractivity contribution in [1.29, 1.82) is 0 Å². The van der Waals surface area contributed by atoms with Gasteiger partial charge in [0.15, 0.2) is 5.58 Å². The second kappa shape index (κ2) is 5.80. The van der Waals surface area contributed by atoms with Crippen molar-refractivity contribution in [2.24, 2.45) is 0 Å². The summed E-state index contributed by atoms with van der Waals surface area (Å²) in [6, 6.07) is 7.79. The molecule has 1 aromatic heterocycles. The average Bonchev–Trinajstić information content (AvgIpc) is 2.71. The van der Waals surface area contributed by atoms with E-state index in [1.165, 1.54) is 0 Å². The highest BCUT2D eigenvalue weighted by atomic mass is 16.3. The first-order valence-electron chi connectivity index (χ1n) is 5.93. The lowest BCUT2D eigenvalue weighted by Crippen LogP contribution is -2.19. The second-order valence-electron chi connectivity index (χ2n) is 4.24. The van der Waals surface area contributed by atoms with E-state index in [9.17, 15) is 0 Å². The lowest BCUT2D eigenvalue weighted by molar-refractivity contribution is 0.252. The standard InChI is InChI=1S/C13H18N2O2/c1-15(8-4-5-9-16)10-13-14-11-6-2-3-7-12(11)17-13/h2-3,6-7,16H,4-5,8-10H2,1H3. The molecular formula is C13H18N2O2. The molecule has 1 heterocycles. The molecule has 0 unspecified atom stereocenters. The fraction of sp³-hybridized carbons (Fsp3) is 0.462. The lowest BCUT2D eigenvalue weighted by Gasteiger charge is -2.13. The van der Waals surface area contributed by atoms with Gasteiger partial charge in [-0.15, -0.1) is 0 Å². The quantitative estimate of drug-likeness (QED) is 0.777. The van der Waals surface area contributed by atoms with Crippen LogP contribution in [-0.2, 0) is 6.54 Å². The minimum absolute atomic E-state index is 0.261. The van der Waals surface area contributed by atoms with Gasteiger partial charge in [-0.2, -0.15) is 0 Å². The Morgan fingerprint density at radius 3 is 2.88 bits per heavy atom. The van der Waals surface area contributed by atoms with E-state index in [0.717, 1.165) is 36.4 Å². The number of nitrogens with zero attached hydrogens (tertiary/aromatic N) is 2. The zero-order chi connectivity index (χ0) is 12.1. The molecule has 0 aliphatic heterocycles. The summed E-state index contributed by atoms with van der Waals surface area (Å²) in [6.45, 7) is 1.91. The molecule has 2 rings (SSSR count). The molecule has 1 N–H and O–H groups in total. The van der Waals surface area contributed by atoms with Gasteiger partial charge >= 0.3 is 0 Å². The number of fused-ring (bicyclic) bond motifs is 1. The van der Waals surface area contributed by atoms with Crippen molar-refractivity contribution >= 4 is 11.1 Å². The highest BCUT2D eigenvalue weighted by Crippen LogP contribution is 2.15. The summed E-state index contributed by atoms with van der Waals surface area (Å²) < 4.78 is 5.64. The Labute approximate surface area is 101 Å². The average molecular weight is 234 g/mol. The van der Waals surface area contributed by atoms with E-state index in [-0.39, 0.29) is 6.61 Å². The van der Waals surface area contributed by atoms with Crippen molar-refractivity contribution in [2.75, 3.05) is 20.2 Å². The van der Waals surface area contributed by atoms with Crippen molar-refractivity contribution in [1.82, 2.24) is 9.88 Å². The first kappa shape index (κ1) is 12.1. The van der Waals surface area contributed by atoms with Gasteiger partial charge < -0.3 is 9.52 Å². The predicted molar refractivity (Wildman–Crippen MR) is 66.7 cm³/mol. The third-order valence-corrected chi connectivity index (χ3v) is 2.69. The number of hydrogen-bond acceptors (Lipinski definition) is 4. The number of benzene rings is 1. The van der Waals surface area contributed by atoms with Gasteiger partial charge in [0, 0.05) is 6.61 Å². The van der Waals surface area contributed by atoms with E-state index in [2.05, 4.69) is 9.88 Å². The van der Waals surface area contributed by atoms with Crippen molar-refractivity contribution < 1.29 is 9.52 Å². The Bertz CT molecular complexity index is 434. The minimum Gasteiger partial charge on any atom is -0.439 e. The summed E-state index contributed by atoms with van der Waals surface area (Å²) in [6.07, 6.45) is 1.84. The van der Waals surface area contributed by atoms with Crippen molar-refractivity contribution in [3.63, 3.8) is 0 Å². The Morgan fingerprint density at radius 1 is 1.29 bits per heavy atom. The maximum absolute atomic E-state index is 8.71. The predicted octanol–water partition coefficient (Wildman–Crippen LogP) is 2.03. The number of aliphatic hydroxyl groups is 1. The summed E-state index contributed by atoms with van der Waals surface area (Å²) in [7, 11) is 2.03. The molecule has 92 valence electrons. The number of rotatable bonds is 6. The molecule has 0 aliphatic rings. The molecule has 0 amide bonds. The van der Waals surface area contributed by atoms with Crippen LogP contribution >= 0.6 is 0 Å². The van der Waals surface area contributed by atoms with E-state index >= 15 is 0 Å². The van der Waals surface area contributed by atoms with Crippen LogP contribution in [0.5, 0.6) is 0 Å². The lowest BCUT2D eigenvalue weighted by atomic mass is 10.3. The van der Waals surface area contributed by atoms with E-state index in [1.54, 1.807) is 0 Å². The molecule has 0 saturated carbocycles. The van der Waals surface area contributed by atoms with Crippen LogP contribution in [-0.4, -0.2) is 35.2 Å². The van der Waals surface area contributed by atoms with Gasteiger partial charge in [0.2, 0.25) is 5.89 Å². The highest BCUT2D eigenvalue weighted by molar-refractivity contribution is 5.72. The zero-order valence-corrected chi connectivity index (χ0v) is 10.1. The Morgan fingerprint density at radius 2 is 2.12 bits per heavy atom. The summed E-state index contributed by atoms with van der Waals surface area (Å²) in [4.78, 5) is 6.58. The van der Waals surface area contributed by atoms with Gasteiger partial charge in [0.25, 0.3) is 0 Å². The molecule has 4 heteroatoms. The van der Waals surface area contributed by atoms with Crippen LogP contribution in [0.4, 0.5) is 0 Å². The summed E-state index contributed by atoms with van der Waals surface area (Å²) in [5.41, 5.74) is 1.75. The molecule has 4 nitrogen and oxygen atoms in total. The molecular weight excluding hydrogens is 216 g/mol. The second-order valence-corrected chi connectivity index (χ2v) is 4.24. The first-order chi connectivity index (χ1) is 8.29. The summed E-state index contributed by atoms with van der Waals surface area (Å²) in [5.74, 6) is 0.748. The van der Waals surface area contributed by atoms with Crippen LogP contribution in [0.2, 0.25) is 0 Å². The largest absolute Gasteiger partial charge is 0.439 e. The third-order valence-electron chi connectivity index (χ3n) is 2.69. The molecule has 0 bridgehead atoms. The zero-order valence-electron chi connectivity index (χ0n) is 10.1. The Hall–Kier alpha value is -1.39. The summed E-state index contributed by atoms with van der Waals surface area (Å²) in [5, 5.41) is 8.71. The molecule has 0 saturated heterocycles. The summed E-state index contributed by atoms with van der Waals surface area (Å²) >= 11 is 0. The van der Waals surface area contributed by atoms with E-state index in [0.29, 0.717) is 6.54 Å². The van der Waals surface area contributed by atoms with Crippen molar-refractivity contribution in [3.8, 4) is 0 Å². The molecule has 0 spiro atoms. The SMILES string of the molecule is CN(CCCCO)Cc1nc2ccccc2o1. The Kier molecular flexibility index (Phi) is 4.12. The molecule has 17 heavy (non-hydrogen) atoms. The minimum atomic E-state index is 0.261. The number of oxazole rings is 1. The molecule has 0 fully saturated rings. The maximum atomic E-state index is 8.71. The highest BCUT2D eigenvalue weighted by Gasteiger charge is 2.07. The first-order valence-corrected chi connectivity index (χ1v) is 5.93. The molecule has 0 radical (unpaired) electrons. The number of unbranched alkanes of at least 4 members (excludes halogenated alkanes) is 1. The van der Waals surface area contributed by atoms with Gasteiger partial charge in [-0.25, -0.2) is 4.98 Å². The molecule has 0 aliphatic carbocycles. The fourth-order valence-corrected chi connectivity index (χ4v) is 1.79. The normalized spacial score (nSPS) is 11.5. The topological polar surface area (TPSA) is 49.5 Å². The van der Waals surface area contributed by atoms with Gasteiger partial charge in [0.1, 0.15) is 5.52 Å². The maximum Gasteiger partial charge on any atom is 0.209 e. The van der Waals surface area contributed by atoms with Crippen LogP contribution in [0.3, 0.4) is 0 Å². The van der Waals surface area contributed by atoms with Crippen LogP contribution in [0, 0.1) is 0 Å². The number of para-hydroxylation sites is 2. The smallest absolute Gasteiger partial charge is 0.209 e. The van der Waals surface area contributed by atoms with Crippen LogP contribution in [0.1, 0.15) is 18.7 Å². The number of aliphatic hydroxyl groups excluding tert-OH is 1. The number of aromatic nitrogens is 1. The van der Waals surface area contributed by atoms with Crippen LogP contribution in [0.15, 0.2) is 28.7 Å². The number of hydrogen-bond donors (Lipinski definition) is 1. The molecule has 0 atom stereocenters. The van der Waals surface area contributed by atoms with Gasteiger partial charge in [-0.3, -0.25) is 4.90 Å². The van der Waals surface area contributed by atoms with E-state index in [4.69, 9.17) is 9.52 Å². The molecule has 2 aromatic rings. The fourth-order valence-electron chi connectivity index (χ4n) is 1.79. The Balaban J connectivity index is 1.93. The molecule has 1 aromatic carbocycles.